The van der Waals surface area contributed by atoms with E-state index in [2.05, 4.69) is 22.1 Å². The molecule has 1 amide bonds. The molecule has 4 nitrogen and oxygen atoms in total. The summed E-state index contributed by atoms with van der Waals surface area (Å²) in [4.78, 5) is 12.0. The third-order valence-corrected chi connectivity index (χ3v) is 3.39. The van der Waals surface area contributed by atoms with E-state index in [4.69, 9.17) is 0 Å². The monoisotopic (exact) mass is 235 g/mol. The molecule has 0 spiro atoms. The first-order valence-corrected chi connectivity index (χ1v) is 6.39. The fourth-order valence-electron chi connectivity index (χ4n) is 2.34. The lowest BCUT2D eigenvalue weighted by molar-refractivity contribution is -0.124. The summed E-state index contributed by atoms with van der Waals surface area (Å²) in [5, 5.41) is 6.29. The number of piperidine rings is 1. The quantitative estimate of drug-likeness (QED) is 0.817. The number of amides is 1. The van der Waals surface area contributed by atoms with E-state index in [0.717, 1.165) is 19.5 Å². The van der Waals surface area contributed by atoms with Gasteiger partial charge in [-0.15, -0.1) is 0 Å². The predicted molar refractivity (Wildman–Crippen MR) is 67.6 cm³/mol. The highest BCUT2D eigenvalue weighted by Gasteiger charge is 2.26. The van der Waals surface area contributed by atoms with Crippen LogP contribution in [0.2, 0.25) is 0 Å². The fraction of sp³-hybridized carbons (Fsp3) is 0.615. The van der Waals surface area contributed by atoms with Gasteiger partial charge in [0.25, 0.3) is 0 Å². The van der Waals surface area contributed by atoms with Crippen molar-refractivity contribution in [1.82, 2.24) is 15.2 Å². The van der Waals surface area contributed by atoms with Crippen LogP contribution in [-0.4, -0.2) is 29.6 Å². The van der Waals surface area contributed by atoms with E-state index in [-0.39, 0.29) is 11.9 Å². The van der Waals surface area contributed by atoms with Crippen LogP contribution in [0.15, 0.2) is 24.5 Å². The minimum absolute atomic E-state index is 0.00610. The zero-order valence-corrected chi connectivity index (χ0v) is 10.4. The van der Waals surface area contributed by atoms with Crippen molar-refractivity contribution in [2.75, 3.05) is 13.1 Å². The maximum absolute atomic E-state index is 12.0. The van der Waals surface area contributed by atoms with Gasteiger partial charge >= 0.3 is 0 Å². The van der Waals surface area contributed by atoms with Crippen LogP contribution in [0.25, 0.3) is 0 Å². The molecule has 2 unspecified atom stereocenters. The fourth-order valence-corrected chi connectivity index (χ4v) is 2.34. The Morgan fingerprint density at radius 2 is 2.24 bits per heavy atom. The molecule has 1 fully saturated rings. The Balaban J connectivity index is 1.73. The lowest BCUT2D eigenvalue weighted by atomic mass is 9.92. The molecule has 1 aromatic heterocycles. The second kappa shape index (κ2) is 5.87. The molecule has 2 rings (SSSR count). The van der Waals surface area contributed by atoms with Crippen LogP contribution in [0.1, 0.15) is 19.8 Å². The summed E-state index contributed by atoms with van der Waals surface area (Å²) in [5.41, 5.74) is 0. The Bertz CT molecular complexity index is 348. The van der Waals surface area contributed by atoms with Gasteiger partial charge in [-0.1, -0.05) is 6.92 Å². The van der Waals surface area contributed by atoms with E-state index in [9.17, 15) is 4.79 Å². The summed E-state index contributed by atoms with van der Waals surface area (Å²) < 4.78 is 2.07. The van der Waals surface area contributed by atoms with Gasteiger partial charge < -0.3 is 15.2 Å². The largest absolute Gasteiger partial charge is 0.353 e. The third-order valence-electron chi connectivity index (χ3n) is 3.39. The summed E-state index contributed by atoms with van der Waals surface area (Å²) in [6.07, 6.45) is 6.33. The van der Waals surface area contributed by atoms with E-state index in [1.165, 1.54) is 6.42 Å². The van der Waals surface area contributed by atoms with Gasteiger partial charge in [-0.3, -0.25) is 4.79 Å². The van der Waals surface area contributed by atoms with Crippen LogP contribution < -0.4 is 10.6 Å². The van der Waals surface area contributed by atoms with Crippen molar-refractivity contribution >= 4 is 5.91 Å². The van der Waals surface area contributed by atoms with Crippen molar-refractivity contribution in [1.29, 1.82) is 0 Å². The van der Waals surface area contributed by atoms with E-state index < -0.39 is 0 Å². The van der Waals surface area contributed by atoms with Gasteiger partial charge in [-0.25, -0.2) is 0 Å². The number of carbonyl (C=O) groups excluding carboxylic acids is 1. The van der Waals surface area contributed by atoms with Crippen LogP contribution in [-0.2, 0) is 11.3 Å². The van der Waals surface area contributed by atoms with Crippen LogP contribution in [0.5, 0.6) is 0 Å². The average Bonchev–Trinajstić information content (AvgIpc) is 2.82. The van der Waals surface area contributed by atoms with Crippen molar-refractivity contribution in [2.45, 2.75) is 32.4 Å². The Morgan fingerprint density at radius 1 is 1.47 bits per heavy atom. The average molecular weight is 235 g/mol. The van der Waals surface area contributed by atoms with Gasteiger partial charge in [0.15, 0.2) is 0 Å². The molecule has 0 aromatic carbocycles. The lowest BCUT2D eigenvalue weighted by Gasteiger charge is -2.28. The summed E-state index contributed by atoms with van der Waals surface area (Å²) in [7, 11) is 0. The number of aromatic nitrogens is 1. The van der Waals surface area contributed by atoms with Crippen LogP contribution in [0.4, 0.5) is 0 Å². The SMILES string of the molecule is CC1CCCNC1C(=O)NCCn1cccc1. The van der Waals surface area contributed by atoms with Crippen LogP contribution in [0, 0.1) is 5.92 Å². The van der Waals surface area contributed by atoms with Crippen molar-refractivity contribution in [3.8, 4) is 0 Å². The molecule has 0 bridgehead atoms. The molecule has 0 aliphatic carbocycles. The predicted octanol–water partition coefficient (Wildman–Crippen LogP) is 0.992. The van der Waals surface area contributed by atoms with E-state index in [1.54, 1.807) is 0 Å². The molecule has 2 heterocycles. The molecule has 0 saturated carbocycles. The number of nitrogens with one attached hydrogen (secondary N) is 2. The lowest BCUT2D eigenvalue weighted by Crippen LogP contribution is -2.51. The maximum atomic E-state index is 12.0. The van der Waals surface area contributed by atoms with E-state index in [1.807, 2.05) is 24.5 Å². The number of carbonyl (C=O) groups is 1. The van der Waals surface area contributed by atoms with Gasteiger partial charge in [-0.2, -0.15) is 0 Å². The maximum Gasteiger partial charge on any atom is 0.237 e. The molecule has 1 aromatic rings. The standard InChI is InChI=1S/C13H21N3O/c1-11-5-4-6-14-12(11)13(17)15-7-10-16-8-2-3-9-16/h2-3,8-9,11-12,14H,4-7,10H2,1H3,(H,15,17). The first kappa shape index (κ1) is 12.2. The number of hydrogen-bond donors (Lipinski definition) is 2. The van der Waals surface area contributed by atoms with Crippen LogP contribution >= 0.6 is 0 Å². The highest BCUT2D eigenvalue weighted by Crippen LogP contribution is 2.15. The van der Waals surface area contributed by atoms with Crippen molar-refractivity contribution < 1.29 is 4.79 Å². The number of rotatable bonds is 4. The van der Waals surface area contributed by atoms with Crippen LogP contribution in [0.3, 0.4) is 0 Å². The molecule has 1 aliphatic heterocycles. The first-order chi connectivity index (χ1) is 8.27. The first-order valence-electron chi connectivity index (χ1n) is 6.39. The van der Waals surface area contributed by atoms with Gasteiger partial charge in [0.05, 0.1) is 6.04 Å². The van der Waals surface area contributed by atoms with Gasteiger partial charge in [0, 0.05) is 25.5 Å². The van der Waals surface area contributed by atoms with Gasteiger partial charge in [0.1, 0.15) is 0 Å². The minimum Gasteiger partial charge on any atom is -0.353 e. The normalized spacial score (nSPS) is 24.5. The third kappa shape index (κ3) is 3.33. The molecule has 0 radical (unpaired) electrons. The Hall–Kier alpha value is -1.29. The molecular weight excluding hydrogens is 214 g/mol. The Morgan fingerprint density at radius 3 is 2.94 bits per heavy atom. The highest BCUT2D eigenvalue weighted by atomic mass is 16.2. The molecule has 4 heteroatoms. The molecule has 1 aliphatic rings. The summed E-state index contributed by atoms with van der Waals surface area (Å²) in [6.45, 7) is 4.63. The molecule has 2 atom stereocenters. The molecule has 94 valence electrons. The highest BCUT2D eigenvalue weighted by molar-refractivity contribution is 5.82. The smallest absolute Gasteiger partial charge is 0.237 e. The van der Waals surface area contributed by atoms with E-state index in [0.29, 0.717) is 12.5 Å². The minimum atomic E-state index is -0.00610. The zero-order chi connectivity index (χ0) is 12.1. The number of nitrogens with zero attached hydrogens (tertiary/aromatic N) is 1. The second-order valence-electron chi connectivity index (χ2n) is 4.76. The molecule has 2 N–H and O–H groups in total. The Labute approximate surface area is 102 Å². The topological polar surface area (TPSA) is 46.1 Å². The second-order valence-corrected chi connectivity index (χ2v) is 4.76. The summed E-state index contributed by atoms with van der Waals surface area (Å²) in [5.74, 6) is 0.583. The summed E-state index contributed by atoms with van der Waals surface area (Å²) >= 11 is 0. The number of hydrogen-bond acceptors (Lipinski definition) is 2. The van der Waals surface area contributed by atoms with Crippen molar-refractivity contribution in [3.63, 3.8) is 0 Å². The molecular formula is C13H21N3O. The summed E-state index contributed by atoms with van der Waals surface area (Å²) in [6, 6.07) is 3.98. The van der Waals surface area contributed by atoms with Crippen molar-refractivity contribution in [2.24, 2.45) is 5.92 Å². The molecule has 17 heavy (non-hydrogen) atoms. The molecule has 1 saturated heterocycles. The van der Waals surface area contributed by atoms with Gasteiger partial charge in [-0.05, 0) is 37.4 Å². The van der Waals surface area contributed by atoms with Gasteiger partial charge in [0.2, 0.25) is 5.91 Å². The zero-order valence-electron chi connectivity index (χ0n) is 10.4. The van der Waals surface area contributed by atoms with Crippen molar-refractivity contribution in [3.05, 3.63) is 24.5 Å². The van der Waals surface area contributed by atoms with E-state index >= 15 is 0 Å². The Kier molecular flexibility index (Phi) is 4.20.